The van der Waals surface area contributed by atoms with E-state index < -0.39 is 0 Å². The van der Waals surface area contributed by atoms with Crippen LogP contribution in [-0.2, 0) is 11.2 Å². The fourth-order valence-corrected chi connectivity index (χ4v) is 3.08. The molecule has 130 valence electrons. The molecule has 1 aromatic heterocycles. The number of amides is 2. The van der Waals surface area contributed by atoms with Gasteiger partial charge in [0.1, 0.15) is 17.6 Å². The highest BCUT2D eigenvalue weighted by molar-refractivity contribution is 5.75. The third-order valence-electron chi connectivity index (χ3n) is 4.36. The molecule has 6 nitrogen and oxygen atoms in total. The molecular weight excluding hydrogens is 296 g/mol. The Kier molecular flexibility index (Phi) is 6.92. The summed E-state index contributed by atoms with van der Waals surface area (Å²) in [5.41, 5.74) is 0. The van der Waals surface area contributed by atoms with Gasteiger partial charge in [-0.25, -0.2) is 4.79 Å². The number of hydrogen-bond donors (Lipinski definition) is 2. The molecule has 2 amide bonds. The SMILES string of the molecule is CCc1ccc(C(COC)NC(=O)N2CCCCC2CCO)o1. The maximum atomic E-state index is 12.7. The zero-order valence-corrected chi connectivity index (χ0v) is 14.1. The molecule has 1 aliphatic rings. The lowest BCUT2D eigenvalue weighted by atomic mass is 10.00. The van der Waals surface area contributed by atoms with E-state index in [2.05, 4.69) is 5.32 Å². The topological polar surface area (TPSA) is 74.9 Å². The summed E-state index contributed by atoms with van der Waals surface area (Å²) in [6.45, 7) is 3.23. The van der Waals surface area contributed by atoms with Gasteiger partial charge in [-0.2, -0.15) is 0 Å². The Labute approximate surface area is 137 Å². The minimum Gasteiger partial charge on any atom is -0.464 e. The van der Waals surface area contributed by atoms with Crippen molar-refractivity contribution >= 4 is 6.03 Å². The number of hydrogen-bond acceptors (Lipinski definition) is 4. The van der Waals surface area contributed by atoms with Crippen molar-refractivity contribution in [2.75, 3.05) is 26.9 Å². The first kappa shape index (κ1) is 17.8. The van der Waals surface area contributed by atoms with E-state index in [9.17, 15) is 9.90 Å². The molecule has 0 spiro atoms. The van der Waals surface area contributed by atoms with Crippen LogP contribution in [-0.4, -0.2) is 48.9 Å². The van der Waals surface area contributed by atoms with Gasteiger partial charge >= 0.3 is 6.03 Å². The van der Waals surface area contributed by atoms with Crippen molar-refractivity contribution in [1.82, 2.24) is 10.2 Å². The van der Waals surface area contributed by atoms with Crippen LogP contribution in [0.15, 0.2) is 16.5 Å². The van der Waals surface area contributed by atoms with Gasteiger partial charge in [-0.3, -0.25) is 0 Å². The summed E-state index contributed by atoms with van der Waals surface area (Å²) in [6, 6.07) is 3.52. The Morgan fingerprint density at radius 1 is 1.52 bits per heavy atom. The van der Waals surface area contributed by atoms with E-state index in [4.69, 9.17) is 9.15 Å². The predicted octanol–water partition coefficient (Wildman–Crippen LogP) is 2.48. The molecule has 2 N–H and O–H groups in total. The number of carbonyl (C=O) groups is 1. The van der Waals surface area contributed by atoms with Gasteiger partial charge in [-0.05, 0) is 37.8 Å². The number of urea groups is 1. The van der Waals surface area contributed by atoms with E-state index in [1.54, 1.807) is 7.11 Å². The number of rotatable bonds is 7. The Balaban J connectivity index is 2.04. The number of aryl methyl sites for hydroxylation is 1. The van der Waals surface area contributed by atoms with E-state index in [1.807, 2.05) is 24.0 Å². The number of methoxy groups -OCH3 is 1. The number of nitrogens with zero attached hydrogens (tertiary/aromatic N) is 1. The van der Waals surface area contributed by atoms with Gasteiger partial charge in [-0.1, -0.05) is 6.92 Å². The summed E-state index contributed by atoms with van der Waals surface area (Å²) in [5.74, 6) is 1.61. The highest BCUT2D eigenvalue weighted by Crippen LogP contribution is 2.22. The van der Waals surface area contributed by atoms with Gasteiger partial charge < -0.3 is 24.5 Å². The largest absolute Gasteiger partial charge is 0.464 e. The fourth-order valence-electron chi connectivity index (χ4n) is 3.08. The number of nitrogens with one attached hydrogen (secondary N) is 1. The zero-order chi connectivity index (χ0) is 16.7. The van der Waals surface area contributed by atoms with Crippen LogP contribution in [0, 0.1) is 0 Å². The molecule has 1 aliphatic heterocycles. The lowest BCUT2D eigenvalue weighted by Gasteiger charge is -2.36. The number of carbonyl (C=O) groups excluding carboxylic acids is 1. The van der Waals surface area contributed by atoms with E-state index in [-0.39, 0.29) is 24.7 Å². The number of piperidine rings is 1. The average molecular weight is 324 g/mol. The summed E-state index contributed by atoms with van der Waals surface area (Å²) in [5, 5.41) is 12.2. The smallest absolute Gasteiger partial charge is 0.318 e. The van der Waals surface area contributed by atoms with Crippen molar-refractivity contribution in [2.45, 2.75) is 51.1 Å². The van der Waals surface area contributed by atoms with Crippen LogP contribution in [0.25, 0.3) is 0 Å². The molecule has 2 heterocycles. The van der Waals surface area contributed by atoms with E-state index in [0.717, 1.165) is 38.0 Å². The maximum Gasteiger partial charge on any atom is 0.318 e. The Morgan fingerprint density at radius 2 is 2.35 bits per heavy atom. The van der Waals surface area contributed by atoms with Crippen LogP contribution in [0.1, 0.15) is 50.2 Å². The molecule has 1 fully saturated rings. The van der Waals surface area contributed by atoms with Crippen molar-refractivity contribution in [1.29, 1.82) is 0 Å². The van der Waals surface area contributed by atoms with Gasteiger partial charge in [0.2, 0.25) is 0 Å². The summed E-state index contributed by atoms with van der Waals surface area (Å²) in [4.78, 5) is 14.5. The average Bonchev–Trinajstić information content (AvgIpc) is 3.04. The van der Waals surface area contributed by atoms with Gasteiger partial charge in [0.05, 0.1) is 6.61 Å². The normalized spacial score (nSPS) is 19.6. The molecule has 6 heteroatoms. The quantitative estimate of drug-likeness (QED) is 0.808. The monoisotopic (exact) mass is 324 g/mol. The maximum absolute atomic E-state index is 12.7. The van der Waals surface area contributed by atoms with Crippen LogP contribution >= 0.6 is 0 Å². The molecular formula is C17H28N2O4. The Bertz CT molecular complexity index is 487. The van der Waals surface area contributed by atoms with Crippen LogP contribution in [0.5, 0.6) is 0 Å². The van der Waals surface area contributed by atoms with Crippen LogP contribution < -0.4 is 5.32 Å². The highest BCUT2D eigenvalue weighted by atomic mass is 16.5. The molecule has 0 aliphatic carbocycles. The van der Waals surface area contributed by atoms with E-state index in [1.165, 1.54) is 0 Å². The minimum absolute atomic E-state index is 0.105. The number of ether oxygens (including phenoxy) is 1. The van der Waals surface area contributed by atoms with Crippen LogP contribution in [0.4, 0.5) is 4.79 Å². The number of aliphatic hydroxyl groups excluding tert-OH is 1. The third-order valence-corrected chi connectivity index (χ3v) is 4.36. The Morgan fingerprint density at radius 3 is 3.00 bits per heavy atom. The second-order valence-corrected chi connectivity index (χ2v) is 5.97. The van der Waals surface area contributed by atoms with Crippen molar-refractivity contribution in [3.8, 4) is 0 Å². The van der Waals surface area contributed by atoms with Gasteiger partial charge in [0, 0.05) is 32.7 Å². The molecule has 1 saturated heterocycles. The lowest BCUT2D eigenvalue weighted by molar-refractivity contribution is 0.116. The lowest BCUT2D eigenvalue weighted by Crippen LogP contribution is -2.50. The molecule has 0 bridgehead atoms. The summed E-state index contributed by atoms with van der Waals surface area (Å²) in [6.07, 6.45) is 4.50. The molecule has 2 rings (SSSR count). The molecule has 2 unspecified atom stereocenters. The molecule has 2 atom stereocenters. The second kappa shape index (κ2) is 8.93. The van der Waals surface area contributed by atoms with Crippen LogP contribution in [0.3, 0.4) is 0 Å². The van der Waals surface area contributed by atoms with Gasteiger partial charge in [-0.15, -0.1) is 0 Å². The summed E-state index contributed by atoms with van der Waals surface area (Å²) >= 11 is 0. The first-order valence-electron chi connectivity index (χ1n) is 8.45. The molecule has 0 saturated carbocycles. The van der Waals surface area contributed by atoms with Crippen molar-refractivity contribution in [2.24, 2.45) is 0 Å². The van der Waals surface area contributed by atoms with Crippen molar-refractivity contribution in [3.05, 3.63) is 23.7 Å². The molecule has 23 heavy (non-hydrogen) atoms. The molecule has 0 aromatic carbocycles. The van der Waals surface area contributed by atoms with Crippen LogP contribution in [0.2, 0.25) is 0 Å². The number of furan rings is 1. The highest BCUT2D eigenvalue weighted by Gasteiger charge is 2.28. The predicted molar refractivity (Wildman–Crippen MR) is 87.3 cm³/mol. The van der Waals surface area contributed by atoms with Crippen molar-refractivity contribution in [3.63, 3.8) is 0 Å². The Hall–Kier alpha value is -1.53. The summed E-state index contributed by atoms with van der Waals surface area (Å²) in [7, 11) is 1.61. The van der Waals surface area contributed by atoms with E-state index in [0.29, 0.717) is 18.8 Å². The van der Waals surface area contributed by atoms with E-state index >= 15 is 0 Å². The van der Waals surface area contributed by atoms with Gasteiger partial charge in [0.25, 0.3) is 0 Å². The minimum atomic E-state index is -0.301. The second-order valence-electron chi connectivity index (χ2n) is 5.97. The van der Waals surface area contributed by atoms with Crippen molar-refractivity contribution < 1.29 is 19.1 Å². The number of likely N-dealkylation sites (tertiary alicyclic amines) is 1. The third kappa shape index (κ3) is 4.72. The first-order chi connectivity index (χ1) is 11.2. The number of aliphatic hydroxyl groups is 1. The molecule has 1 aromatic rings. The fraction of sp³-hybridized carbons (Fsp3) is 0.706. The zero-order valence-electron chi connectivity index (χ0n) is 14.1. The standard InChI is InChI=1S/C17H28N2O4/c1-3-14-7-8-16(23-14)15(12-22-2)18-17(21)19-10-5-4-6-13(19)9-11-20/h7-8,13,15,20H,3-6,9-12H2,1-2H3,(H,18,21). The van der Waals surface area contributed by atoms with Gasteiger partial charge in [0.15, 0.2) is 0 Å². The summed E-state index contributed by atoms with van der Waals surface area (Å²) < 4.78 is 11.0. The molecule has 0 radical (unpaired) electrons. The first-order valence-corrected chi connectivity index (χ1v) is 8.45.